The van der Waals surface area contributed by atoms with Crippen LogP contribution >= 0.6 is 0 Å². The van der Waals surface area contributed by atoms with Crippen LogP contribution in [0.4, 0.5) is 5.69 Å². The highest BCUT2D eigenvalue weighted by Gasteiger charge is 2.23. The molecule has 1 aromatic rings. The van der Waals surface area contributed by atoms with E-state index in [-0.39, 0.29) is 5.92 Å². The molecule has 0 spiro atoms. The number of rotatable bonds is 7. The molecule has 1 atom stereocenters. The standard InChI is InChI=1S/C13H21N3O4S/c1-9(2)7-11(16-21(4,18)19)13(17)15-10-5-6-12(20-3)14-8-10/h5-6,8-9,11,16H,7H2,1-4H3,(H,15,17)/t11-/m1/s1. The molecule has 21 heavy (non-hydrogen) atoms. The zero-order chi connectivity index (χ0) is 16.0. The average molecular weight is 315 g/mol. The predicted octanol–water partition coefficient (Wildman–Crippen LogP) is 0.993. The number of hydrogen-bond acceptors (Lipinski definition) is 5. The molecule has 8 heteroatoms. The van der Waals surface area contributed by atoms with Crippen molar-refractivity contribution in [2.75, 3.05) is 18.7 Å². The van der Waals surface area contributed by atoms with E-state index < -0.39 is 22.0 Å². The molecule has 1 aromatic heterocycles. The molecule has 0 saturated heterocycles. The fourth-order valence-electron chi connectivity index (χ4n) is 1.74. The summed E-state index contributed by atoms with van der Waals surface area (Å²) in [6.07, 6.45) is 2.88. The molecule has 7 nitrogen and oxygen atoms in total. The smallest absolute Gasteiger partial charge is 0.242 e. The monoisotopic (exact) mass is 315 g/mol. The highest BCUT2D eigenvalue weighted by Crippen LogP contribution is 2.13. The first-order valence-corrected chi connectivity index (χ1v) is 8.38. The van der Waals surface area contributed by atoms with Gasteiger partial charge in [-0.25, -0.2) is 18.1 Å². The van der Waals surface area contributed by atoms with Crippen LogP contribution in [0.3, 0.4) is 0 Å². The van der Waals surface area contributed by atoms with Gasteiger partial charge in [-0.3, -0.25) is 4.79 Å². The van der Waals surface area contributed by atoms with Crippen molar-refractivity contribution in [3.63, 3.8) is 0 Å². The number of carbonyl (C=O) groups is 1. The number of sulfonamides is 1. The number of hydrogen-bond donors (Lipinski definition) is 2. The van der Waals surface area contributed by atoms with Crippen LogP contribution in [0.1, 0.15) is 20.3 Å². The lowest BCUT2D eigenvalue weighted by Crippen LogP contribution is -2.44. The molecule has 0 aliphatic carbocycles. The number of nitrogens with zero attached hydrogens (tertiary/aromatic N) is 1. The second kappa shape index (κ2) is 7.37. The number of methoxy groups -OCH3 is 1. The third-order valence-corrected chi connectivity index (χ3v) is 3.31. The molecule has 118 valence electrons. The van der Waals surface area contributed by atoms with Crippen molar-refractivity contribution in [1.82, 2.24) is 9.71 Å². The van der Waals surface area contributed by atoms with Crippen LogP contribution in [0, 0.1) is 5.92 Å². The summed E-state index contributed by atoms with van der Waals surface area (Å²) in [7, 11) is -1.97. The summed E-state index contributed by atoms with van der Waals surface area (Å²) in [4.78, 5) is 16.2. The summed E-state index contributed by atoms with van der Waals surface area (Å²) in [5, 5.41) is 2.64. The summed E-state index contributed by atoms with van der Waals surface area (Å²) < 4.78 is 30.0. The lowest BCUT2D eigenvalue weighted by atomic mass is 10.0. The Morgan fingerprint density at radius 1 is 1.38 bits per heavy atom. The second-order valence-corrected chi connectivity index (χ2v) is 6.93. The molecule has 0 fully saturated rings. The van der Waals surface area contributed by atoms with E-state index in [0.717, 1.165) is 6.26 Å². The first-order valence-electron chi connectivity index (χ1n) is 6.49. The van der Waals surface area contributed by atoms with E-state index in [1.807, 2.05) is 13.8 Å². The fourth-order valence-corrected chi connectivity index (χ4v) is 2.46. The molecule has 1 heterocycles. The van der Waals surface area contributed by atoms with Gasteiger partial charge in [0, 0.05) is 6.07 Å². The van der Waals surface area contributed by atoms with Crippen LogP contribution in [0.25, 0.3) is 0 Å². The van der Waals surface area contributed by atoms with Crippen molar-refractivity contribution < 1.29 is 17.9 Å². The van der Waals surface area contributed by atoms with Crippen molar-refractivity contribution in [1.29, 1.82) is 0 Å². The number of ether oxygens (including phenoxy) is 1. The summed E-state index contributed by atoms with van der Waals surface area (Å²) in [6.45, 7) is 3.83. The summed E-state index contributed by atoms with van der Waals surface area (Å²) in [5.41, 5.74) is 0.477. The first kappa shape index (κ1) is 17.4. The second-order valence-electron chi connectivity index (χ2n) is 5.15. The van der Waals surface area contributed by atoms with Gasteiger partial charge in [0.05, 0.1) is 25.2 Å². The summed E-state index contributed by atoms with van der Waals surface area (Å²) in [5.74, 6) is 0.186. The first-order chi connectivity index (χ1) is 9.71. The average Bonchev–Trinajstić information content (AvgIpc) is 2.36. The van der Waals surface area contributed by atoms with Gasteiger partial charge in [0.25, 0.3) is 0 Å². The molecule has 2 N–H and O–H groups in total. The van der Waals surface area contributed by atoms with Gasteiger partial charge in [-0.15, -0.1) is 0 Å². The maximum absolute atomic E-state index is 12.2. The SMILES string of the molecule is COc1ccc(NC(=O)[C@@H](CC(C)C)NS(C)(=O)=O)cn1. The minimum absolute atomic E-state index is 0.170. The molecule has 0 aliphatic heterocycles. The lowest BCUT2D eigenvalue weighted by molar-refractivity contribution is -0.118. The molecule has 1 rings (SSSR count). The quantitative estimate of drug-likeness (QED) is 0.782. The molecular weight excluding hydrogens is 294 g/mol. The van der Waals surface area contributed by atoms with Gasteiger partial charge in [-0.2, -0.15) is 0 Å². The highest BCUT2D eigenvalue weighted by molar-refractivity contribution is 7.88. The number of nitrogens with one attached hydrogen (secondary N) is 2. The topological polar surface area (TPSA) is 97.4 Å². The van der Waals surface area contributed by atoms with E-state index >= 15 is 0 Å². The molecular formula is C13H21N3O4S. The Morgan fingerprint density at radius 2 is 2.05 bits per heavy atom. The molecule has 0 bridgehead atoms. The van der Waals surface area contributed by atoms with Gasteiger partial charge in [-0.1, -0.05) is 13.8 Å². The van der Waals surface area contributed by atoms with Crippen LogP contribution in [-0.2, 0) is 14.8 Å². The molecule has 0 saturated carbocycles. The van der Waals surface area contributed by atoms with E-state index in [1.54, 1.807) is 12.1 Å². The molecule has 0 radical (unpaired) electrons. The summed E-state index contributed by atoms with van der Waals surface area (Å²) >= 11 is 0. The van der Waals surface area contributed by atoms with E-state index in [4.69, 9.17) is 4.74 Å². The minimum Gasteiger partial charge on any atom is -0.481 e. The van der Waals surface area contributed by atoms with Crippen LogP contribution in [0.5, 0.6) is 5.88 Å². The van der Waals surface area contributed by atoms with E-state index in [1.165, 1.54) is 13.3 Å². The molecule has 0 aliphatic rings. The maximum Gasteiger partial charge on any atom is 0.242 e. The fraction of sp³-hybridized carbons (Fsp3) is 0.538. The van der Waals surface area contributed by atoms with E-state index in [9.17, 15) is 13.2 Å². The number of carbonyl (C=O) groups excluding carboxylic acids is 1. The van der Waals surface area contributed by atoms with Gasteiger partial charge in [-0.05, 0) is 18.4 Å². The minimum atomic E-state index is -3.46. The Hall–Kier alpha value is -1.67. The van der Waals surface area contributed by atoms with Gasteiger partial charge in [0.1, 0.15) is 6.04 Å². The highest BCUT2D eigenvalue weighted by atomic mass is 32.2. The summed E-state index contributed by atoms with van der Waals surface area (Å²) in [6, 6.07) is 2.43. The zero-order valence-electron chi connectivity index (χ0n) is 12.6. The van der Waals surface area contributed by atoms with Crippen LogP contribution in [0.2, 0.25) is 0 Å². The predicted molar refractivity (Wildman–Crippen MR) is 80.6 cm³/mol. The van der Waals surface area contributed by atoms with E-state index in [2.05, 4.69) is 15.0 Å². The van der Waals surface area contributed by atoms with Crippen LogP contribution in [-0.4, -0.2) is 38.7 Å². The van der Waals surface area contributed by atoms with Gasteiger partial charge < -0.3 is 10.1 Å². The normalized spacial score (nSPS) is 13.0. The third-order valence-electron chi connectivity index (χ3n) is 2.59. The van der Waals surface area contributed by atoms with Crippen LogP contribution in [0.15, 0.2) is 18.3 Å². The van der Waals surface area contributed by atoms with Gasteiger partial charge in [0.15, 0.2) is 0 Å². The Morgan fingerprint density at radius 3 is 2.48 bits per heavy atom. The Balaban J connectivity index is 2.79. The Bertz CT molecular complexity index is 570. The zero-order valence-corrected chi connectivity index (χ0v) is 13.4. The largest absolute Gasteiger partial charge is 0.481 e. The maximum atomic E-state index is 12.2. The molecule has 0 unspecified atom stereocenters. The van der Waals surface area contributed by atoms with Crippen molar-refractivity contribution in [3.8, 4) is 5.88 Å². The van der Waals surface area contributed by atoms with Gasteiger partial charge in [0.2, 0.25) is 21.8 Å². The molecule has 0 aromatic carbocycles. The van der Waals surface area contributed by atoms with Crippen molar-refractivity contribution in [3.05, 3.63) is 18.3 Å². The number of anilines is 1. The van der Waals surface area contributed by atoms with Crippen molar-refractivity contribution in [2.45, 2.75) is 26.3 Å². The number of aromatic nitrogens is 1. The van der Waals surface area contributed by atoms with Crippen molar-refractivity contribution in [2.24, 2.45) is 5.92 Å². The van der Waals surface area contributed by atoms with E-state index in [0.29, 0.717) is 18.0 Å². The number of pyridine rings is 1. The third kappa shape index (κ3) is 6.54. The number of amides is 1. The Labute approximate surface area is 125 Å². The van der Waals surface area contributed by atoms with Gasteiger partial charge >= 0.3 is 0 Å². The van der Waals surface area contributed by atoms with Crippen LogP contribution < -0.4 is 14.8 Å². The Kier molecular flexibility index (Phi) is 6.10. The molecule has 1 amide bonds. The van der Waals surface area contributed by atoms with Crippen molar-refractivity contribution >= 4 is 21.6 Å². The lowest BCUT2D eigenvalue weighted by Gasteiger charge is -2.19.